The first kappa shape index (κ1) is 22.7. The molecule has 0 spiro atoms. The fourth-order valence-electron chi connectivity index (χ4n) is 2.81. The maximum atomic E-state index is 12.6. The highest BCUT2D eigenvalue weighted by Crippen LogP contribution is 2.21. The van der Waals surface area contributed by atoms with Crippen LogP contribution in [0.15, 0.2) is 77.7 Å². The summed E-state index contributed by atoms with van der Waals surface area (Å²) < 4.78 is 33.4. The molecule has 3 aromatic rings. The van der Waals surface area contributed by atoms with Crippen molar-refractivity contribution in [1.29, 1.82) is 0 Å². The molecule has 0 radical (unpaired) electrons. The van der Waals surface area contributed by atoms with Crippen LogP contribution in [0.2, 0.25) is 5.02 Å². The van der Waals surface area contributed by atoms with Gasteiger partial charge in [0.1, 0.15) is 5.75 Å². The van der Waals surface area contributed by atoms with Gasteiger partial charge in [-0.3, -0.25) is 9.52 Å². The summed E-state index contributed by atoms with van der Waals surface area (Å²) in [4.78, 5) is 12.7. The summed E-state index contributed by atoms with van der Waals surface area (Å²) in [7, 11) is -3.79. The largest absolute Gasteiger partial charge is 0.481 e. The summed E-state index contributed by atoms with van der Waals surface area (Å²) in [6.45, 7) is 3.83. The van der Waals surface area contributed by atoms with Gasteiger partial charge in [-0.25, -0.2) is 8.42 Å². The number of carbonyl (C=O) groups excluding carboxylic acids is 1. The van der Waals surface area contributed by atoms with Crippen LogP contribution in [0.5, 0.6) is 5.75 Å². The second-order valence-electron chi connectivity index (χ2n) is 6.96. The Bertz CT molecular complexity index is 1150. The third-order valence-electron chi connectivity index (χ3n) is 4.47. The van der Waals surface area contributed by atoms with Crippen LogP contribution in [-0.2, 0) is 14.8 Å². The fourth-order valence-corrected chi connectivity index (χ4v) is 4.05. The van der Waals surface area contributed by atoms with Crippen LogP contribution in [-0.4, -0.2) is 20.4 Å². The lowest BCUT2D eigenvalue weighted by Crippen LogP contribution is -2.32. The number of amides is 1. The molecule has 0 unspecified atom stereocenters. The average molecular weight is 459 g/mol. The van der Waals surface area contributed by atoms with Crippen molar-refractivity contribution in [2.75, 3.05) is 10.0 Å². The first-order valence-electron chi connectivity index (χ1n) is 9.69. The predicted molar refractivity (Wildman–Crippen MR) is 123 cm³/mol. The minimum Gasteiger partial charge on any atom is -0.481 e. The molecule has 8 heteroatoms. The van der Waals surface area contributed by atoms with Crippen molar-refractivity contribution in [3.05, 3.63) is 83.4 Å². The maximum Gasteiger partial charge on any atom is 0.265 e. The van der Waals surface area contributed by atoms with Gasteiger partial charge in [-0.1, -0.05) is 42.3 Å². The van der Waals surface area contributed by atoms with Crippen molar-refractivity contribution in [3.8, 4) is 5.75 Å². The molecule has 2 N–H and O–H groups in total. The number of nitrogens with one attached hydrogen (secondary N) is 2. The van der Waals surface area contributed by atoms with E-state index >= 15 is 0 Å². The van der Waals surface area contributed by atoms with E-state index in [1.165, 1.54) is 30.3 Å². The van der Waals surface area contributed by atoms with E-state index in [-0.39, 0.29) is 10.8 Å². The molecule has 0 aliphatic rings. The van der Waals surface area contributed by atoms with Gasteiger partial charge >= 0.3 is 0 Å². The molecule has 0 aliphatic heterocycles. The first-order chi connectivity index (χ1) is 14.8. The van der Waals surface area contributed by atoms with Crippen LogP contribution in [0.1, 0.15) is 18.9 Å². The Balaban J connectivity index is 1.66. The smallest absolute Gasteiger partial charge is 0.265 e. The van der Waals surface area contributed by atoms with Crippen molar-refractivity contribution in [2.45, 2.75) is 31.3 Å². The Morgan fingerprint density at radius 1 is 1.00 bits per heavy atom. The van der Waals surface area contributed by atoms with Gasteiger partial charge in [0.25, 0.3) is 15.9 Å². The van der Waals surface area contributed by atoms with E-state index < -0.39 is 16.1 Å². The van der Waals surface area contributed by atoms with Gasteiger partial charge < -0.3 is 10.1 Å². The predicted octanol–water partition coefficient (Wildman–Crippen LogP) is 5.25. The average Bonchev–Trinajstić information content (AvgIpc) is 2.73. The molecule has 1 amide bonds. The zero-order valence-electron chi connectivity index (χ0n) is 17.1. The number of hydrogen-bond acceptors (Lipinski definition) is 4. The first-order valence-corrected chi connectivity index (χ1v) is 11.6. The molecule has 31 heavy (non-hydrogen) atoms. The molecule has 1 atom stereocenters. The van der Waals surface area contributed by atoms with Crippen molar-refractivity contribution < 1.29 is 17.9 Å². The molecule has 0 aromatic heterocycles. The molecule has 0 bridgehead atoms. The summed E-state index contributed by atoms with van der Waals surface area (Å²) in [5, 5.41) is 3.19. The molecule has 0 saturated carbocycles. The second-order valence-corrected chi connectivity index (χ2v) is 9.08. The van der Waals surface area contributed by atoms with Crippen LogP contribution in [0.3, 0.4) is 0 Å². The quantitative estimate of drug-likeness (QED) is 0.483. The number of benzene rings is 3. The Morgan fingerprint density at radius 3 is 2.29 bits per heavy atom. The number of aryl methyl sites for hydroxylation is 1. The van der Waals surface area contributed by atoms with Gasteiger partial charge in [0.2, 0.25) is 0 Å². The number of carbonyl (C=O) groups is 1. The van der Waals surface area contributed by atoms with E-state index in [0.717, 1.165) is 5.56 Å². The highest BCUT2D eigenvalue weighted by atomic mass is 35.5. The molecule has 3 rings (SSSR count). The number of hydrogen-bond donors (Lipinski definition) is 2. The monoisotopic (exact) mass is 458 g/mol. The van der Waals surface area contributed by atoms with Crippen LogP contribution < -0.4 is 14.8 Å². The normalized spacial score (nSPS) is 12.1. The van der Waals surface area contributed by atoms with Crippen LogP contribution in [0.4, 0.5) is 11.4 Å². The van der Waals surface area contributed by atoms with Crippen molar-refractivity contribution in [1.82, 2.24) is 0 Å². The molecular weight excluding hydrogens is 436 g/mol. The molecule has 0 heterocycles. The topological polar surface area (TPSA) is 84.5 Å². The summed E-state index contributed by atoms with van der Waals surface area (Å²) >= 11 is 5.90. The van der Waals surface area contributed by atoms with E-state index in [9.17, 15) is 13.2 Å². The van der Waals surface area contributed by atoms with Crippen molar-refractivity contribution in [3.63, 3.8) is 0 Å². The zero-order chi connectivity index (χ0) is 22.4. The third kappa shape index (κ3) is 6.23. The van der Waals surface area contributed by atoms with E-state index in [4.69, 9.17) is 16.3 Å². The van der Waals surface area contributed by atoms with Crippen molar-refractivity contribution in [2.24, 2.45) is 0 Å². The van der Waals surface area contributed by atoms with E-state index in [1.54, 1.807) is 18.2 Å². The fraction of sp³-hybridized carbons (Fsp3) is 0.174. The van der Waals surface area contributed by atoms with Crippen LogP contribution in [0, 0.1) is 6.92 Å². The van der Waals surface area contributed by atoms with Crippen molar-refractivity contribution >= 4 is 38.9 Å². The number of rotatable bonds is 8. The van der Waals surface area contributed by atoms with Gasteiger partial charge in [0.15, 0.2) is 6.10 Å². The third-order valence-corrected chi connectivity index (χ3v) is 6.10. The van der Waals surface area contributed by atoms with Gasteiger partial charge in [0.05, 0.1) is 10.6 Å². The Kier molecular flexibility index (Phi) is 7.20. The van der Waals surface area contributed by atoms with E-state index in [2.05, 4.69) is 10.0 Å². The van der Waals surface area contributed by atoms with E-state index in [0.29, 0.717) is 28.6 Å². The highest BCUT2D eigenvalue weighted by molar-refractivity contribution is 7.92. The number of ether oxygens (including phenoxy) is 1. The molecule has 3 aromatic carbocycles. The minimum absolute atomic E-state index is 0.0634. The molecule has 0 aliphatic carbocycles. The summed E-state index contributed by atoms with van der Waals surface area (Å²) in [6.07, 6.45) is -0.189. The maximum absolute atomic E-state index is 12.6. The Labute approximate surface area is 187 Å². The minimum atomic E-state index is -3.79. The van der Waals surface area contributed by atoms with Gasteiger partial charge in [0, 0.05) is 10.7 Å². The molecular formula is C23H23ClN2O4S. The molecule has 162 valence electrons. The van der Waals surface area contributed by atoms with Crippen LogP contribution >= 0.6 is 11.6 Å². The lowest BCUT2D eigenvalue weighted by Gasteiger charge is -2.17. The molecule has 0 fully saturated rings. The van der Waals surface area contributed by atoms with E-state index in [1.807, 2.05) is 38.1 Å². The highest BCUT2D eigenvalue weighted by Gasteiger charge is 2.19. The standard InChI is InChI=1S/C23H23ClN2O4S/c1-3-22(30-20-11-7-16(2)8-12-20)23(27)25-18-9-13-21(14-10-18)31(28,29)26-19-6-4-5-17(24)15-19/h4-15,22,26H,3H2,1-2H3,(H,25,27)/t22-/m1/s1. The SMILES string of the molecule is CC[C@@H](Oc1ccc(C)cc1)C(=O)Nc1ccc(S(=O)(=O)Nc2cccc(Cl)c2)cc1. The van der Waals surface area contributed by atoms with Gasteiger partial charge in [-0.05, 0) is 67.9 Å². The number of anilines is 2. The number of halogens is 1. The molecule has 6 nitrogen and oxygen atoms in total. The lowest BCUT2D eigenvalue weighted by atomic mass is 10.2. The Morgan fingerprint density at radius 2 is 1.68 bits per heavy atom. The summed E-state index contributed by atoms with van der Waals surface area (Å²) in [5.41, 5.74) is 1.94. The number of sulfonamides is 1. The zero-order valence-corrected chi connectivity index (χ0v) is 18.7. The van der Waals surface area contributed by atoms with Gasteiger partial charge in [-0.15, -0.1) is 0 Å². The Hall–Kier alpha value is -3.03. The second kappa shape index (κ2) is 9.85. The van der Waals surface area contributed by atoms with Crippen LogP contribution in [0.25, 0.3) is 0 Å². The summed E-state index contributed by atoms with van der Waals surface area (Å²) in [6, 6.07) is 19.8. The molecule has 0 saturated heterocycles. The lowest BCUT2D eigenvalue weighted by molar-refractivity contribution is -0.122. The summed E-state index contributed by atoms with van der Waals surface area (Å²) in [5.74, 6) is 0.303. The van der Waals surface area contributed by atoms with Gasteiger partial charge in [-0.2, -0.15) is 0 Å².